The van der Waals surface area contributed by atoms with E-state index in [1.807, 2.05) is 6.07 Å². The number of hydrogen-bond acceptors (Lipinski definition) is 3. The standard InChI is InChI=1S/C10H16ClN3/c11-7-3-4-10(14)8(6-7)9(13)2-1-5-12/h3-4,6,9H,1-2,5,12-14H2/t9-/m0/s1. The Morgan fingerprint density at radius 3 is 2.71 bits per heavy atom. The Morgan fingerprint density at radius 1 is 1.36 bits per heavy atom. The lowest BCUT2D eigenvalue weighted by molar-refractivity contribution is 0.619. The molecule has 6 N–H and O–H groups in total. The van der Waals surface area contributed by atoms with Crippen molar-refractivity contribution >= 4 is 17.3 Å². The minimum atomic E-state index is -0.0720. The Kier molecular flexibility index (Phi) is 4.20. The number of benzene rings is 1. The second-order valence-electron chi connectivity index (χ2n) is 3.31. The van der Waals surface area contributed by atoms with Crippen molar-refractivity contribution < 1.29 is 0 Å². The molecular weight excluding hydrogens is 198 g/mol. The van der Waals surface area contributed by atoms with E-state index < -0.39 is 0 Å². The maximum Gasteiger partial charge on any atom is 0.0410 e. The molecule has 0 spiro atoms. The highest BCUT2D eigenvalue weighted by molar-refractivity contribution is 6.30. The fourth-order valence-corrected chi connectivity index (χ4v) is 1.54. The van der Waals surface area contributed by atoms with Crippen molar-refractivity contribution in [3.63, 3.8) is 0 Å². The van der Waals surface area contributed by atoms with E-state index in [-0.39, 0.29) is 6.04 Å². The average Bonchev–Trinajstić information content (AvgIpc) is 2.18. The topological polar surface area (TPSA) is 78.1 Å². The van der Waals surface area contributed by atoms with Gasteiger partial charge in [-0.3, -0.25) is 0 Å². The smallest absolute Gasteiger partial charge is 0.0410 e. The van der Waals surface area contributed by atoms with Gasteiger partial charge in [0.25, 0.3) is 0 Å². The molecule has 4 heteroatoms. The SMILES string of the molecule is NCCC[C@H](N)c1cc(Cl)ccc1N. The molecule has 14 heavy (non-hydrogen) atoms. The van der Waals surface area contributed by atoms with Crippen molar-refractivity contribution in [2.75, 3.05) is 12.3 Å². The maximum atomic E-state index is 5.96. The quantitative estimate of drug-likeness (QED) is 0.666. The number of rotatable bonds is 4. The molecule has 0 saturated heterocycles. The van der Waals surface area contributed by atoms with E-state index in [9.17, 15) is 0 Å². The molecule has 0 aliphatic heterocycles. The highest BCUT2D eigenvalue weighted by atomic mass is 35.5. The summed E-state index contributed by atoms with van der Waals surface area (Å²) in [4.78, 5) is 0. The summed E-state index contributed by atoms with van der Waals surface area (Å²) in [7, 11) is 0. The van der Waals surface area contributed by atoms with E-state index in [1.165, 1.54) is 0 Å². The molecule has 78 valence electrons. The molecule has 0 bridgehead atoms. The fraction of sp³-hybridized carbons (Fsp3) is 0.400. The molecule has 0 aliphatic rings. The Bertz CT molecular complexity index is 301. The van der Waals surface area contributed by atoms with Crippen LogP contribution < -0.4 is 17.2 Å². The maximum absolute atomic E-state index is 5.96. The summed E-state index contributed by atoms with van der Waals surface area (Å²) in [5.41, 5.74) is 18.8. The summed E-state index contributed by atoms with van der Waals surface area (Å²) < 4.78 is 0. The molecule has 1 atom stereocenters. The van der Waals surface area contributed by atoms with Gasteiger partial charge >= 0.3 is 0 Å². The molecule has 0 aromatic heterocycles. The summed E-state index contributed by atoms with van der Waals surface area (Å²) in [6.07, 6.45) is 1.73. The normalized spacial score (nSPS) is 12.8. The summed E-state index contributed by atoms with van der Waals surface area (Å²) in [5.74, 6) is 0. The first-order valence-corrected chi connectivity index (χ1v) is 5.03. The summed E-state index contributed by atoms with van der Waals surface area (Å²) in [5, 5.41) is 0.664. The van der Waals surface area contributed by atoms with Gasteiger partial charge < -0.3 is 17.2 Å². The number of hydrogen-bond donors (Lipinski definition) is 3. The van der Waals surface area contributed by atoms with Gasteiger partial charge in [0.15, 0.2) is 0 Å². The van der Waals surface area contributed by atoms with Crippen LogP contribution in [0.5, 0.6) is 0 Å². The second-order valence-corrected chi connectivity index (χ2v) is 3.75. The van der Waals surface area contributed by atoms with Crippen LogP contribution in [0.25, 0.3) is 0 Å². The Morgan fingerprint density at radius 2 is 2.07 bits per heavy atom. The Balaban J connectivity index is 2.77. The van der Waals surface area contributed by atoms with Crippen molar-refractivity contribution in [3.05, 3.63) is 28.8 Å². The molecule has 0 fully saturated rings. The van der Waals surface area contributed by atoms with Crippen LogP contribution in [0.1, 0.15) is 24.4 Å². The van der Waals surface area contributed by atoms with Gasteiger partial charge in [-0.15, -0.1) is 0 Å². The number of nitrogen functional groups attached to an aromatic ring is 1. The van der Waals surface area contributed by atoms with Gasteiger partial charge in [0.2, 0.25) is 0 Å². The van der Waals surface area contributed by atoms with Gasteiger partial charge in [-0.25, -0.2) is 0 Å². The number of halogens is 1. The highest BCUT2D eigenvalue weighted by Gasteiger charge is 2.09. The first-order chi connectivity index (χ1) is 6.65. The van der Waals surface area contributed by atoms with Gasteiger partial charge in [-0.2, -0.15) is 0 Å². The lowest BCUT2D eigenvalue weighted by Gasteiger charge is -2.14. The second kappa shape index (κ2) is 5.20. The molecular formula is C10H16ClN3. The third-order valence-corrected chi connectivity index (χ3v) is 2.40. The van der Waals surface area contributed by atoms with E-state index in [1.54, 1.807) is 12.1 Å². The largest absolute Gasteiger partial charge is 0.398 e. The zero-order valence-corrected chi connectivity index (χ0v) is 8.80. The van der Waals surface area contributed by atoms with Crippen LogP contribution in [0.15, 0.2) is 18.2 Å². The minimum absolute atomic E-state index is 0.0720. The van der Waals surface area contributed by atoms with Gasteiger partial charge in [0.1, 0.15) is 0 Å². The van der Waals surface area contributed by atoms with Crippen LogP contribution in [-0.4, -0.2) is 6.54 Å². The van der Waals surface area contributed by atoms with Gasteiger partial charge in [-0.1, -0.05) is 11.6 Å². The molecule has 3 nitrogen and oxygen atoms in total. The lowest BCUT2D eigenvalue weighted by Crippen LogP contribution is -2.14. The molecule has 0 unspecified atom stereocenters. The van der Waals surface area contributed by atoms with Crippen LogP contribution in [0.3, 0.4) is 0 Å². The van der Waals surface area contributed by atoms with Crippen molar-refractivity contribution in [2.45, 2.75) is 18.9 Å². The van der Waals surface area contributed by atoms with Crippen LogP contribution in [-0.2, 0) is 0 Å². The summed E-state index contributed by atoms with van der Waals surface area (Å²) in [6, 6.07) is 5.28. The first kappa shape index (κ1) is 11.3. The molecule has 1 aromatic rings. The zero-order chi connectivity index (χ0) is 10.6. The zero-order valence-electron chi connectivity index (χ0n) is 8.04. The minimum Gasteiger partial charge on any atom is -0.398 e. The Labute approximate surface area is 89.2 Å². The third-order valence-electron chi connectivity index (χ3n) is 2.17. The van der Waals surface area contributed by atoms with Crippen molar-refractivity contribution in [1.82, 2.24) is 0 Å². The predicted octanol–water partition coefficient (Wildman–Crippen LogP) is 1.66. The molecule has 0 heterocycles. The molecule has 0 aliphatic carbocycles. The number of nitrogens with two attached hydrogens (primary N) is 3. The Hall–Kier alpha value is -0.770. The van der Waals surface area contributed by atoms with Crippen LogP contribution in [0, 0.1) is 0 Å². The van der Waals surface area contributed by atoms with Crippen LogP contribution >= 0.6 is 11.6 Å². The van der Waals surface area contributed by atoms with Gasteiger partial charge in [0, 0.05) is 16.8 Å². The van der Waals surface area contributed by atoms with Gasteiger partial charge in [-0.05, 0) is 43.1 Å². The van der Waals surface area contributed by atoms with Crippen molar-refractivity contribution in [3.8, 4) is 0 Å². The fourth-order valence-electron chi connectivity index (χ4n) is 1.36. The van der Waals surface area contributed by atoms with E-state index in [0.29, 0.717) is 17.3 Å². The summed E-state index contributed by atoms with van der Waals surface area (Å²) in [6.45, 7) is 0.647. The van der Waals surface area contributed by atoms with Crippen LogP contribution in [0.4, 0.5) is 5.69 Å². The molecule has 0 amide bonds. The van der Waals surface area contributed by atoms with E-state index in [4.69, 9.17) is 28.8 Å². The van der Waals surface area contributed by atoms with Crippen LogP contribution in [0.2, 0.25) is 5.02 Å². The molecule has 0 radical (unpaired) electrons. The van der Waals surface area contributed by atoms with Crippen molar-refractivity contribution in [1.29, 1.82) is 0 Å². The lowest BCUT2D eigenvalue weighted by atomic mass is 10.0. The first-order valence-electron chi connectivity index (χ1n) is 4.65. The predicted molar refractivity (Wildman–Crippen MR) is 61.1 cm³/mol. The molecule has 1 rings (SSSR count). The van der Waals surface area contributed by atoms with E-state index in [0.717, 1.165) is 18.4 Å². The van der Waals surface area contributed by atoms with Crippen molar-refractivity contribution in [2.24, 2.45) is 11.5 Å². The summed E-state index contributed by atoms with van der Waals surface area (Å²) >= 11 is 5.86. The molecule has 0 saturated carbocycles. The van der Waals surface area contributed by atoms with E-state index in [2.05, 4.69) is 0 Å². The highest BCUT2D eigenvalue weighted by Crippen LogP contribution is 2.25. The van der Waals surface area contributed by atoms with E-state index >= 15 is 0 Å². The monoisotopic (exact) mass is 213 g/mol. The number of anilines is 1. The average molecular weight is 214 g/mol. The molecule has 1 aromatic carbocycles. The van der Waals surface area contributed by atoms with Gasteiger partial charge in [0.05, 0.1) is 0 Å². The third kappa shape index (κ3) is 2.87.